The summed E-state index contributed by atoms with van der Waals surface area (Å²) >= 11 is 1.33. The van der Waals surface area contributed by atoms with Crippen LogP contribution in [0.1, 0.15) is 63.1 Å². The monoisotopic (exact) mass is 438 g/mol. The van der Waals surface area contributed by atoms with Crippen LogP contribution in [0.15, 0.2) is 29.6 Å². The van der Waals surface area contributed by atoms with E-state index in [2.05, 4.69) is 22.4 Å². The third-order valence-corrected chi connectivity index (χ3v) is 8.25. The van der Waals surface area contributed by atoms with Gasteiger partial charge in [-0.1, -0.05) is 19.1 Å². The molecule has 1 heterocycles. The van der Waals surface area contributed by atoms with Crippen molar-refractivity contribution in [2.45, 2.75) is 63.7 Å². The molecule has 1 aromatic heterocycles. The molecule has 4 aliphatic rings. The van der Waals surface area contributed by atoms with Gasteiger partial charge in [0, 0.05) is 18.2 Å². The summed E-state index contributed by atoms with van der Waals surface area (Å²) in [6, 6.07) is 8.47. The Morgan fingerprint density at radius 2 is 1.74 bits per heavy atom. The quantitative estimate of drug-likeness (QED) is 0.619. The lowest BCUT2D eigenvalue weighted by Crippen LogP contribution is -2.48. The number of rotatable bonds is 8. The number of amides is 1. The average Bonchev–Trinajstić information content (AvgIpc) is 3.18. The lowest BCUT2D eigenvalue weighted by atomic mass is 9.48. The summed E-state index contributed by atoms with van der Waals surface area (Å²) in [5, 5.41) is 5.07. The number of nitrogens with zero attached hydrogens (tertiary/aromatic N) is 1. The normalized spacial score (nSPS) is 28.5. The topological polar surface area (TPSA) is 68.3 Å². The molecule has 0 unspecified atom stereocenters. The number of thiazole rings is 1. The summed E-state index contributed by atoms with van der Waals surface area (Å²) in [4.78, 5) is 28.1. The number of hydrogen-bond acceptors (Lipinski definition) is 5. The molecular weight excluding hydrogens is 408 g/mol. The Labute approximate surface area is 187 Å². The number of anilines is 1. The van der Waals surface area contributed by atoms with Gasteiger partial charge in [0.15, 0.2) is 11.7 Å². The highest BCUT2D eigenvalue weighted by Crippen LogP contribution is 2.60. The zero-order valence-electron chi connectivity index (χ0n) is 18.1. The van der Waals surface area contributed by atoms with Crippen molar-refractivity contribution in [2.75, 3.05) is 11.9 Å². The molecule has 4 bridgehead atoms. The Bertz CT molecular complexity index is 930. The summed E-state index contributed by atoms with van der Waals surface area (Å²) in [5.41, 5.74) is 2.54. The van der Waals surface area contributed by atoms with E-state index < -0.39 is 0 Å². The summed E-state index contributed by atoms with van der Waals surface area (Å²) < 4.78 is 5.71. The number of hydrogen-bond donors (Lipinski definition) is 1. The molecule has 6 rings (SSSR count). The smallest absolute Gasteiger partial charge is 0.264 e. The van der Waals surface area contributed by atoms with Gasteiger partial charge in [-0.3, -0.25) is 14.9 Å². The number of carbonyl (C=O) groups is 2. The number of nitrogens with one attached hydrogen (secondary N) is 1. The first kappa shape index (κ1) is 20.7. The fraction of sp³-hybridized carbons (Fsp3) is 0.560. The van der Waals surface area contributed by atoms with Crippen molar-refractivity contribution in [2.24, 2.45) is 17.8 Å². The van der Waals surface area contributed by atoms with Crippen molar-refractivity contribution in [3.05, 3.63) is 40.9 Å². The molecule has 2 aromatic rings. The van der Waals surface area contributed by atoms with Crippen molar-refractivity contribution >= 4 is 28.2 Å². The van der Waals surface area contributed by atoms with E-state index in [0.29, 0.717) is 29.1 Å². The molecule has 0 spiro atoms. The van der Waals surface area contributed by atoms with Gasteiger partial charge in [0.25, 0.3) is 5.91 Å². The van der Waals surface area contributed by atoms with E-state index in [1.165, 1.54) is 55.4 Å². The van der Waals surface area contributed by atoms with E-state index in [1.807, 2.05) is 24.4 Å². The number of ketones is 1. The highest BCUT2D eigenvalue weighted by Gasteiger charge is 2.51. The van der Waals surface area contributed by atoms with Gasteiger partial charge < -0.3 is 4.74 Å². The van der Waals surface area contributed by atoms with E-state index in [0.717, 1.165) is 23.5 Å². The second kappa shape index (κ2) is 8.38. The molecule has 1 aromatic carbocycles. The number of ether oxygens (including phenoxy) is 1. The number of carbonyl (C=O) groups excluding carboxylic acids is 2. The lowest BCUT2D eigenvalue weighted by molar-refractivity contribution is -0.118. The van der Waals surface area contributed by atoms with E-state index in [9.17, 15) is 9.59 Å². The van der Waals surface area contributed by atoms with Gasteiger partial charge in [0.2, 0.25) is 0 Å². The largest absolute Gasteiger partial charge is 0.484 e. The van der Waals surface area contributed by atoms with Gasteiger partial charge in [-0.2, -0.15) is 0 Å². The minimum absolute atomic E-state index is 0.0560. The predicted molar refractivity (Wildman–Crippen MR) is 122 cm³/mol. The van der Waals surface area contributed by atoms with Gasteiger partial charge >= 0.3 is 0 Å². The molecule has 4 aliphatic carbocycles. The molecular formula is C25H30N2O3S. The molecule has 31 heavy (non-hydrogen) atoms. The Morgan fingerprint density at radius 3 is 2.35 bits per heavy atom. The van der Waals surface area contributed by atoms with Crippen molar-refractivity contribution in [3.8, 4) is 5.75 Å². The predicted octanol–water partition coefficient (Wildman–Crippen LogP) is 5.15. The van der Waals surface area contributed by atoms with Crippen molar-refractivity contribution in [1.29, 1.82) is 0 Å². The summed E-state index contributed by atoms with van der Waals surface area (Å²) in [5.74, 6) is 3.40. The Morgan fingerprint density at radius 1 is 1.10 bits per heavy atom. The van der Waals surface area contributed by atoms with Gasteiger partial charge in [-0.25, -0.2) is 4.98 Å². The minimum Gasteiger partial charge on any atom is -0.484 e. The van der Waals surface area contributed by atoms with Crippen LogP contribution in [-0.4, -0.2) is 23.3 Å². The van der Waals surface area contributed by atoms with Crippen LogP contribution in [0.3, 0.4) is 0 Å². The first-order chi connectivity index (χ1) is 15.0. The summed E-state index contributed by atoms with van der Waals surface area (Å²) in [7, 11) is 0. The Kier molecular flexibility index (Phi) is 5.59. The van der Waals surface area contributed by atoms with Gasteiger partial charge in [-0.15, -0.1) is 11.3 Å². The SMILES string of the molecule is CCC(=O)Cc1csc(NC(=O)COc2ccc(C34CC5CC(CC(C5)C3)C4)cc2)n1. The Hall–Kier alpha value is -2.21. The van der Waals surface area contributed by atoms with Gasteiger partial charge in [0.1, 0.15) is 11.5 Å². The molecule has 4 saturated carbocycles. The van der Waals surface area contributed by atoms with Crippen LogP contribution in [0.2, 0.25) is 0 Å². The third-order valence-electron chi connectivity index (χ3n) is 7.45. The zero-order chi connectivity index (χ0) is 21.4. The first-order valence-electron chi connectivity index (χ1n) is 11.5. The van der Waals surface area contributed by atoms with E-state index in [1.54, 1.807) is 0 Å². The van der Waals surface area contributed by atoms with Crippen LogP contribution in [0, 0.1) is 17.8 Å². The number of benzene rings is 1. The van der Waals surface area contributed by atoms with Crippen molar-refractivity contribution in [3.63, 3.8) is 0 Å². The fourth-order valence-electron chi connectivity index (χ4n) is 6.45. The molecule has 0 radical (unpaired) electrons. The molecule has 164 valence electrons. The maximum absolute atomic E-state index is 12.2. The maximum atomic E-state index is 12.2. The number of aromatic nitrogens is 1. The van der Waals surface area contributed by atoms with Crippen LogP contribution in [0.5, 0.6) is 5.75 Å². The van der Waals surface area contributed by atoms with Gasteiger partial charge in [0.05, 0.1) is 5.69 Å². The molecule has 0 aliphatic heterocycles. The molecule has 1 amide bonds. The first-order valence-corrected chi connectivity index (χ1v) is 12.4. The van der Waals surface area contributed by atoms with Crippen LogP contribution >= 0.6 is 11.3 Å². The van der Waals surface area contributed by atoms with Gasteiger partial charge in [-0.05, 0) is 79.4 Å². The molecule has 4 fully saturated rings. The molecule has 0 saturated heterocycles. The molecule has 1 N–H and O–H groups in total. The molecule has 6 heteroatoms. The lowest BCUT2D eigenvalue weighted by Gasteiger charge is -2.57. The second-order valence-electron chi connectivity index (χ2n) is 9.77. The Balaban J connectivity index is 1.15. The van der Waals surface area contributed by atoms with Crippen LogP contribution in [0.4, 0.5) is 5.13 Å². The standard InChI is InChI=1S/C25H30N2O3S/c1-2-21(28)10-20-15-31-24(26-20)27-23(29)14-30-22-5-3-19(4-6-22)25-11-16-7-17(12-25)9-18(8-16)13-25/h3-6,15-18H,2,7-14H2,1H3,(H,26,27,29). The van der Waals surface area contributed by atoms with Crippen molar-refractivity contribution in [1.82, 2.24) is 4.98 Å². The highest BCUT2D eigenvalue weighted by atomic mass is 32.1. The van der Waals surface area contributed by atoms with Crippen LogP contribution in [-0.2, 0) is 21.4 Å². The molecule has 0 atom stereocenters. The van der Waals surface area contributed by atoms with E-state index in [-0.39, 0.29) is 18.3 Å². The van der Waals surface area contributed by atoms with E-state index in [4.69, 9.17) is 4.74 Å². The average molecular weight is 439 g/mol. The van der Waals surface area contributed by atoms with Crippen LogP contribution < -0.4 is 10.1 Å². The summed E-state index contributed by atoms with van der Waals surface area (Å²) in [6.07, 6.45) is 9.20. The maximum Gasteiger partial charge on any atom is 0.264 e. The summed E-state index contributed by atoms with van der Waals surface area (Å²) in [6.45, 7) is 1.78. The fourth-order valence-corrected chi connectivity index (χ4v) is 7.17. The third kappa shape index (κ3) is 4.40. The highest BCUT2D eigenvalue weighted by molar-refractivity contribution is 7.13. The van der Waals surface area contributed by atoms with E-state index >= 15 is 0 Å². The minimum atomic E-state index is -0.243. The number of Topliss-reactive ketones (excluding diaryl/α,β-unsaturated/α-hetero) is 1. The van der Waals surface area contributed by atoms with Crippen molar-refractivity contribution < 1.29 is 14.3 Å². The van der Waals surface area contributed by atoms with Crippen LogP contribution in [0.25, 0.3) is 0 Å². The zero-order valence-corrected chi connectivity index (χ0v) is 18.9. The second-order valence-corrected chi connectivity index (χ2v) is 10.6. The molecule has 5 nitrogen and oxygen atoms in total.